The molecular formula is C21H33NO. The summed E-state index contributed by atoms with van der Waals surface area (Å²) in [4.78, 5) is 12.1. The van der Waals surface area contributed by atoms with Gasteiger partial charge < -0.3 is 5.32 Å². The average molecular weight is 316 g/mol. The smallest absolute Gasteiger partial charge is 0.244 e. The van der Waals surface area contributed by atoms with E-state index in [1.54, 1.807) is 6.08 Å². The van der Waals surface area contributed by atoms with Crippen molar-refractivity contribution in [2.45, 2.75) is 72.8 Å². The molecule has 0 bridgehead atoms. The number of benzene rings is 1. The molecule has 1 aromatic carbocycles. The van der Waals surface area contributed by atoms with Crippen molar-refractivity contribution >= 4 is 12.0 Å². The van der Waals surface area contributed by atoms with Crippen LogP contribution in [0, 0.1) is 5.41 Å². The highest BCUT2D eigenvalue weighted by atomic mass is 16.1. The van der Waals surface area contributed by atoms with E-state index in [0.29, 0.717) is 0 Å². The van der Waals surface area contributed by atoms with Crippen LogP contribution in [0.25, 0.3) is 6.08 Å². The molecule has 0 atom stereocenters. The molecule has 0 aliphatic heterocycles. The molecule has 1 rings (SSSR count). The summed E-state index contributed by atoms with van der Waals surface area (Å²) in [6, 6.07) is 8.37. The Kier molecular flexibility index (Phi) is 5.84. The number of hydrogen-bond acceptors (Lipinski definition) is 1. The van der Waals surface area contributed by atoms with Gasteiger partial charge in [-0.3, -0.25) is 4.79 Å². The van der Waals surface area contributed by atoms with Gasteiger partial charge in [0.2, 0.25) is 5.91 Å². The van der Waals surface area contributed by atoms with Crippen molar-refractivity contribution < 1.29 is 4.79 Å². The van der Waals surface area contributed by atoms with Gasteiger partial charge >= 0.3 is 0 Å². The fourth-order valence-corrected chi connectivity index (χ4v) is 3.01. The number of hydrogen-bond donors (Lipinski definition) is 1. The minimum absolute atomic E-state index is 0.0425. The van der Waals surface area contributed by atoms with E-state index in [-0.39, 0.29) is 22.3 Å². The van der Waals surface area contributed by atoms with E-state index in [9.17, 15) is 4.79 Å². The molecule has 128 valence electrons. The molecule has 1 amide bonds. The molecule has 0 aromatic heterocycles. The summed E-state index contributed by atoms with van der Waals surface area (Å²) in [5.74, 6) is -0.0425. The summed E-state index contributed by atoms with van der Waals surface area (Å²) in [5.41, 5.74) is 2.46. The molecule has 0 saturated heterocycles. The molecule has 0 radical (unpaired) electrons. The van der Waals surface area contributed by atoms with Crippen LogP contribution in [-0.4, -0.2) is 11.4 Å². The largest absolute Gasteiger partial charge is 0.348 e. The third-order valence-corrected chi connectivity index (χ3v) is 3.64. The zero-order chi connectivity index (χ0) is 17.9. The Morgan fingerprint density at radius 2 is 1.48 bits per heavy atom. The van der Waals surface area contributed by atoms with Crippen molar-refractivity contribution in [2.24, 2.45) is 5.41 Å². The van der Waals surface area contributed by atoms with E-state index in [4.69, 9.17) is 0 Å². The lowest BCUT2D eigenvalue weighted by Crippen LogP contribution is -2.45. The second-order valence-corrected chi connectivity index (χ2v) is 9.32. The standard InChI is InChI=1S/C21H33NO/c1-19(2,3)15-21(7,8)22-18(23)14-11-16-9-12-17(13-10-16)20(4,5)6/h9-14H,15H2,1-8H3,(H,22,23)/b14-11+. The Labute approximate surface area is 142 Å². The lowest BCUT2D eigenvalue weighted by Gasteiger charge is -2.32. The van der Waals surface area contributed by atoms with Crippen molar-refractivity contribution in [2.75, 3.05) is 0 Å². The van der Waals surface area contributed by atoms with Crippen LogP contribution in [-0.2, 0) is 10.2 Å². The second-order valence-electron chi connectivity index (χ2n) is 9.32. The highest BCUT2D eigenvalue weighted by Crippen LogP contribution is 2.26. The molecule has 0 aliphatic carbocycles. The molecule has 1 aromatic rings. The summed E-state index contributed by atoms with van der Waals surface area (Å²) >= 11 is 0. The van der Waals surface area contributed by atoms with Gasteiger partial charge in [-0.05, 0) is 48.3 Å². The minimum Gasteiger partial charge on any atom is -0.348 e. The van der Waals surface area contributed by atoms with Gasteiger partial charge in [-0.2, -0.15) is 0 Å². The topological polar surface area (TPSA) is 29.1 Å². The van der Waals surface area contributed by atoms with Crippen LogP contribution in [0.4, 0.5) is 0 Å². The summed E-state index contributed by atoms with van der Waals surface area (Å²) < 4.78 is 0. The molecule has 1 N–H and O–H groups in total. The highest BCUT2D eigenvalue weighted by molar-refractivity contribution is 5.92. The van der Waals surface area contributed by atoms with Crippen LogP contribution in [0.15, 0.2) is 30.3 Å². The molecule has 0 saturated carbocycles. The first kappa shape index (κ1) is 19.5. The molecule has 0 spiro atoms. The molecular weight excluding hydrogens is 282 g/mol. The number of carbonyl (C=O) groups excluding carboxylic acids is 1. The first-order valence-corrected chi connectivity index (χ1v) is 8.39. The summed E-state index contributed by atoms with van der Waals surface area (Å²) in [5, 5.41) is 3.09. The molecule has 0 fully saturated rings. The predicted molar refractivity (Wildman–Crippen MR) is 100 cm³/mol. The zero-order valence-corrected chi connectivity index (χ0v) is 16.1. The lowest BCUT2D eigenvalue weighted by atomic mass is 9.82. The summed E-state index contributed by atoms with van der Waals surface area (Å²) in [7, 11) is 0. The van der Waals surface area contributed by atoms with E-state index in [0.717, 1.165) is 12.0 Å². The quantitative estimate of drug-likeness (QED) is 0.748. The van der Waals surface area contributed by atoms with Crippen molar-refractivity contribution in [3.05, 3.63) is 41.5 Å². The molecule has 0 aliphatic rings. The van der Waals surface area contributed by atoms with Crippen molar-refractivity contribution in [1.82, 2.24) is 5.32 Å². The molecule has 2 heteroatoms. The zero-order valence-electron chi connectivity index (χ0n) is 16.1. The van der Waals surface area contributed by atoms with E-state index >= 15 is 0 Å². The van der Waals surface area contributed by atoms with Crippen molar-refractivity contribution in [3.63, 3.8) is 0 Å². The Morgan fingerprint density at radius 3 is 1.91 bits per heavy atom. The lowest BCUT2D eigenvalue weighted by molar-refractivity contribution is -0.118. The van der Waals surface area contributed by atoms with Crippen LogP contribution >= 0.6 is 0 Å². The van der Waals surface area contributed by atoms with Gasteiger partial charge in [-0.25, -0.2) is 0 Å². The van der Waals surface area contributed by atoms with Crippen molar-refractivity contribution in [3.8, 4) is 0 Å². The Morgan fingerprint density at radius 1 is 0.957 bits per heavy atom. The van der Waals surface area contributed by atoms with Crippen LogP contribution in [0.2, 0.25) is 0 Å². The van der Waals surface area contributed by atoms with E-state index < -0.39 is 0 Å². The summed E-state index contributed by atoms with van der Waals surface area (Å²) in [6.07, 6.45) is 4.42. The van der Waals surface area contributed by atoms with Gasteiger partial charge in [0.25, 0.3) is 0 Å². The first-order chi connectivity index (χ1) is 10.3. The third kappa shape index (κ3) is 7.49. The van der Waals surface area contributed by atoms with Gasteiger partial charge in [0.1, 0.15) is 0 Å². The Hall–Kier alpha value is -1.57. The van der Waals surface area contributed by atoms with Crippen LogP contribution < -0.4 is 5.32 Å². The second kappa shape index (κ2) is 6.90. The molecule has 0 heterocycles. The number of carbonyl (C=O) groups is 1. The van der Waals surface area contributed by atoms with Gasteiger partial charge in [-0.15, -0.1) is 0 Å². The monoisotopic (exact) mass is 315 g/mol. The molecule has 2 nitrogen and oxygen atoms in total. The SMILES string of the molecule is CC(C)(C)CC(C)(C)NC(=O)/C=C/c1ccc(C(C)(C)C)cc1. The van der Waals surface area contributed by atoms with Gasteiger partial charge in [0.05, 0.1) is 0 Å². The van der Waals surface area contributed by atoms with Gasteiger partial charge in [0.15, 0.2) is 0 Å². The molecule has 23 heavy (non-hydrogen) atoms. The maximum absolute atomic E-state index is 12.1. The van der Waals surface area contributed by atoms with Crippen LogP contribution in [0.5, 0.6) is 0 Å². The maximum Gasteiger partial charge on any atom is 0.244 e. The van der Waals surface area contributed by atoms with Gasteiger partial charge in [0, 0.05) is 11.6 Å². The van der Waals surface area contributed by atoms with Crippen molar-refractivity contribution in [1.29, 1.82) is 0 Å². The first-order valence-electron chi connectivity index (χ1n) is 8.39. The summed E-state index contributed by atoms with van der Waals surface area (Å²) in [6.45, 7) is 17.3. The van der Waals surface area contributed by atoms with Crippen LogP contribution in [0.3, 0.4) is 0 Å². The van der Waals surface area contributed by atoms with E-state index in [1.165, 1.54) is 5.56 Å². The number of nitrogens with one attached hydrogen (secondary N) is 1. The maximum atomic E-state index is 12.1. The Bertz CT molecular complexity index is 551. The normalized spacial score (nSPS) is 13.4. The minimum atomic E-state index is -0.213. The molecule has 0 unspecified atom stereocenters. The average Bonchev–Trinajstić information content (AvgIpc) is 2.32. The van der Waals surface area contributed by atoms with Gasteiger partial charge in [-0.1, -0.05) is 65.8 Å². The predicted octanol–water partition coefficient (Wildman–Crippen LogP) is 5.33. The van der Waals surface area contributed by atoms with E-state index in [1.807, 2.05) is 6.08 Å². The number of amides is 1. The van der Waals surface area contributed by atoms with Crippen LogP contribution in [0.1, 0.15) is 72.9 Å². The third-order valence-electron chi connectivity index (χ3n) is 3.64. The highest BCUT2D eigenvalue weighted by Gasteiger charge is 2.26. The Balaban J connectivity index is 2.68. The number of rotatable bonds is 4. The fourth-order valence-electron chi connectivity index (χ4n) is 3.01. The fraction of sp³-hybridized carbons (Fsp3) is 0.571. The van der Waals surface area contributed by atoms with E-state index in [2.05, 4.69) is 85.0 Å².